The second-order valence-electron chi connectivity index (χ2n) is 3.67. The predicted octanol–water partition coefficient (Wildman–Crippen LogP) is 2.20. The van der Waals surface area contributed by atoms with Crippen molar-refractivity contribution in [3.05, 3.63) is 21.9 Å². The molecule has 0 atom stereocenters. The maximum atomic E-state index is 11.8. The molecular weight excluding hydrogens is 222 g/mol. The molecule has 0 saturated carbocycles. The van der Waals surface area contributed by atoms with Gasteiger partial charge in [0.2, 0.25) is 0 Å². The fraction of sp³-hybridized carbons (Fsp3) is 0.583. The molecule has 0 radical (unpaired) electrons. The van der Waals surface area contributed by atoms with E-state index in [1.807, 2.05) is 11.4 Å². The lowest BCUT2D eigenvalue weighted by Crippen LogP contribution is -2.24. The fourth-order valence-corrected chi connectivity index (χ4v) is 2.42. The molecule has 0 aliphatic heterocycles. The fourth-order valence-electron chi connectivity index (χ4n) is 1.51. The summed E-state index contributed by atoms with van der Waals surface area (Å²) in [6, 6.07) is 2.01. The lowest BCUT2D eigenvalue weighted by molar-refractivity contribution is 0.0956. The molecule has 0 saturated heterocycles. The van der Waals surface area contributed by atoms with Crippen LogP contribution in [0.2, 0.25) is 0 Å². The van der Waals surface area contributed by atoms with E-state index >= 15 is 0 Å². The Labute approximate surface area is 100 Å². The molecule has 0 aliphatic rings. The summed E-state index contributed by atoms with van der Waals surface area (Å²) in [7, 11) is 0. The van der Waals surface area contributed by atoms with Gasteiger partial charge in [0, 0.05) is 13.2 Å². The van der Waals surface area contributed by atoms with E-state index < -0.39 is 0 Å². The third-order valence-corrected chi connectivity index (χ3v) is 3.41. The molecule has 0 aromatic carbocycles. The van der Waals surface area contributed by atoms with Gasteiger partial charge in [0.1, 0.15) is 0 Å². The van der Waals surface area contributed by atoms with E-state index in [2.05, 4.69) is 12.2 Å². The number of nitrogens with one attached hydrogen (secondary N) is 1. The van der Waals surface area contributed by atoms with Gasteiger partial charge in [0.05, 0.1) is 4.88 Å². The minimum absolute atomic E-state index is 0.0378. The summed E-state index contributed by atoms with van der Waals surface area (Å²) in [4.78, 5) is 12.6. The number of hydrogen-bond donors (Lipinski definition) is 2. The first-order chi connectivity index (χ1) is 7.79. The van der Waals surface area contributed by atoms with Gasteiger partial charge in [-0.3, -0.25) is 4.79 Å². The first kappa shape index (κ1) is 13.2. The van der Waals surface area contributed by atoms with E-state index in [4.69, 9.17) is 5.11 Å². The van der Waals surface area contributed by atoms with Crippen molar-refractivity contribution < 1.29 is 9.90 Å². The Hall–Kier alpha value is -0.870. The largest absolute Gasteiger partial charge is 0.396 e. The SMILES string of the molecule is CCc1ccsc1C(=O)NCCCCCO. The molecule has 1 rings (SSSR count). The molecule has 4 heteroatoms. The summed E-state index contributed by atoms with van der Waals surface area (Å²) in [5.74, 6) is 0.0378. The van der Waals surface area contributed by atoms with E-state index in [9.17, 15) is 4.79 Å². The van der Waals surface area contributed by atoms with E-state index in [0.717, 1.165) is 36.1 Å². The Kier molecular flexibility index (Phi) is 6.11. The highest BCUT2D eigenvalue weighted by Crippen LogP contribution is 2.16. The summed E-state index contributed by atoms with van der Waals surface area (Å²) >= 11 is 1.50. The zero-order chi connectivity index (χ0) is 11.8. The summed E-state index contributed by atoms with van der Waals surface area (Å²) in [6.45, 7) is 2.98. The van der Waals surface area contributed by atoms with Crippen molar-refractivity contribution in [2.24, 2.45) is 0 Å². The molecule has 0 fully saturated rings. The third-order valence-electron chi connectivity index (χ3n) is 2.45. The standard InChI is InChI=1S/C12H19NO2S/c1-2-10-6-9-16-11(10)12(15)13-7-4-3-5-8-14/h6,9,14H,2-5,7-8H2,1H3,(H,13,15). The minimum atomic E-state index is 0.0378. The van der Waals surface area contributed by atoms with Crippen molar-refractivity contribution in [3.8, 4) is 0 Å². The summed E-state index contributed by atoms with van der Waals surface area (Å²) in [5, 5.41) is 13.5. The number of rotatable bonds is 7. The van der Waals surface area contributed by atoms with Gasteiger partial charge in [-0.15, -0.1) is 11.3 Å². The molecular formula is C12H19NO2S. The Morgan fingerprint density at radius 3 is 2.94 bits per heavy atom. The van der Waals surface area contributed by atoms with Crippen LogP contribution < -0.4 is 5.32 Å². The number of carbonyl (C=O) groups is 1. The zero-order valence-corrected chi connectivity index (χ0v) is 10.5. The average molecular weight is 241 g/mol. The van der Waals surface area contributed by atoms with Gasteiger partial charge >= 0.3 is 0 Å². The molecule has 0 bridgehead atoms. The molecule has 1 heterocycles. The first-order valence-electron chi connectivity index (χ1n) is 5.75. The van der Waals surface area contributed by atoms with Crippen molar-refractivity contribution in [3.63, 3.8) is 0 Å². The Morgan fingerprint density at radius 1 is 1.44 bits per heavy atom. The van der Waals surface area contributed by atoms with Crippen LogP contribution in [0.15, 0.2) is 11.4 Å². The van der Waals surface area contributed by atoms with E-state index in [0.29, 0.717) is 6.54 Å². The van der Waals surface area contributed by atoms with Crippen LogP contribution in [-0.2, 0) is 6.42 Å². The van der Waals surface area contributed by atoms with Gasteiger partial charge in [0.15, 0.2) is 0 Å². The molecule has 16 heavy (non-hydrogen) atoms. The molecule has 1 aromatic rings. The van der Waals surface area contributed by atoms with Gasteiger partial charge in [-0.1, -0.05) is 6.92 Å². The van der Waals surface area contributed by atoms with Crippen molar-refractivity contribution in [2.45, 2.75) is 32.6 Å². The molecule has 1 aromatic heterocycles. The van der Waals surface area contributed by atoms with Gasteiger partial charge in [-0.25, -0.2) is 0 Å². The molecule has 2 N–H and O–H groups in total. The van der Waals surface area contributed by atoms with E-state index in [1.165, 1.54) is 11.3 Å². The highest BCUT2D eigenvalue weighted by atomic mass is 32.1. The maximum absolute atomic E-state index is 11.8. The van der Waals surface area contributed by atoms with Crippen LogP contribution in [0.3, 0.4) is 0 Å². The Bertz CT molecular complexity index is 323. The van der Waals surface area contributed by atoms with Crippen LogP contribution in [0.5, 0.6) is 0 Å². The average Bonchev–Trinajstić information content (AvgIpc) is 2.76. The molecule has 0 spiro atoms. The number of aliphatic hydroxyl groups excluding tert-OH is 1. The van der Waals surface area contributed by atoms with Gasteiger partial charge in [-0.05, 0) is 42.7 Å². The maximum Gasteiger partial charge on any atom is 0.261 e. The summed E-state index contributed by atoms with van der Waals surface area (Å²) < 4.78 is 0. The van der Waals surface area contributed by atoms with Gasteiger partial charge in [0.25, 0.3) is 5.91 Å². The highest BCUT2D eigenvalue weighted by Gasteiger charge is 2.10. The zero-order valence-electron chi connectivity index (χ0n) is 9.66. The molecule has 0 unspecified atom stereocenters. The lowest BCUT2D eigenvalue weighted by Gasteiger charge is -2.04. The van der Waals surface area contributed by atoms with Gasteiger partial charge < -0.3 is 10.4 Å². The minimum Gasteiger partial charge on any atom is -0.396 e. The van der Waals surface area contributed by atoms with Crippen LogP contribution in [0.1, 0.15) is 41.4 Å². The summed E-state index contributed by atoms with van der Waals surface area (Å²) in [6.07, 6.45) is 3.60. The second kappa shape index (κ2) is 7.41. The van der Waals surface area contributed by atoms with Crippen molar-refractivity contribution in [1.29, 1.82) is 0 Å². The molecule has 1 amide bonds. The molecule has 0 aliphatic carbocycles. The number of thiophene rings is 1. The van der Waals surface area contributed by atoms with Crippen molar-refractivity contribution >= 4 is 17.2 Å². The van der Waals surface area contributed by atoms with Crippen LogP contribution in [-0.4, -0.2) is 24.2 Å². The predicted molar refractivity (Wildman–Crippen MR) is 67.0 cm³/mol. The first-order valence-corrected chi connectivity index (χ1v) is 6.63. The van der Waals surface area contributed by atoms with E-state index in [-0.39, 0.29) is 12.5 Å². The Morgan fingerprint density at radius 2 is 2.25 bits per heavy atom. The number of aliphatic hydroxyl groups is 1. The van der Waals surface area contributed by atoms with Crippen LogP contribution >= 0.6 is 11.3 Å². The van der Waals surface area contributed by atoms with Crippen LogP contribution in [0, 0.1) is 0 Å². The van der Waals surface area contributed by atoms with Gasteiger partial charge in [-0.2, -0.15) is 0 Å². The number of aryl methyl sites for hydroxylation is 1. The van der Waals surface area contributed by atoms with Crippen LogP contribution in [0.25, 0.3) is 0 Å². The number of hydrogen-bond acceptors (Lipinski definition) is 3. The topological polar surface area (TPSA) is 49.3 Å². The summed E-state index contributed by atoms with van der Waals surface area (Å²) in [5.41, 5.74) is 1.12. The highest BCUT2D eigenvalue weighted by molar-refractivity contribution is 7.12. The lowest BCUT2D eigenvalue weighted by atomic mass is 10.2. The second-order valence-corrected chi connectivity index (χ2v) is 4.58. The third kappa shape index (κ3) is 3.94. The Balaban J connectivity index is 2.30. The van der Waals surface area contributed by atoms with Crippen molar-refractivity contribution in [2.75, 3.05) is 13.2 Å². The smallest absolute Gasteiger partial charge is 0.261 e. The number of unbranched alkanes of at least 4 members (excludes halogenated alkanes) is 2. The quantitative estimate of drug-likeness (QED) is 0.719. The monoisotopic (exact) mass is 241 g/mol. The normalized spacial score (nSPS) is 10.4. The molecule has 3 nitrogen and oxygen atoms in total. The van der Waals surface area contributed by atoms with Crippen molar-refractivity contribution in [1.82, 2.24) is 5.32 Å². The number of amides is 1. The van der Waals surface area contributed by atoms with Crippen LogP contribution in [0.4, 0.5) is 0 Å². The number of carbonyl (C=O) groups excluding carboxylic acids is 1. The van der Waals surface area contributed by atoms with E-state index in [1.54, 1.807) is 0 Å². The molecule has 90 valence electrons.